The van der Waals surface area contributed by atoms with Gasteiger partial charge in [-0.05, 0) is 12.8 Å². The van der Waals surface area contributed by atoms with E-state index in [0.29, 0.717) is 12.5 Å². The van der Waals surface area contributed by atoms with E-state index in [9.17, 15) is 10.1 Å². The van der Waals surface area contributed by atoms with Crippen molar-refractivity contribution in [1.82, 2.24) is 10.2 Å². The minimum Gasteiger partial charge on any atom is -0.396 e. The van der Waals surface area contributed by atoms with Crippen molar-refractivity contribution in [1.29, 1.82) is 5.26 Å². The molecule has 0 aromatic rings. The molecule has 0 spiro atoms. The molecule has 0 aromatic carbocycles. The second-order valence-electron chi connectivity index (χ2n) is 5.55. The molecule has 0 atom stereocenters. The van der Waals surface area contributed by atoms with Crippen LogP contribution in [0.2, 0.25) is 0 Å². The fraction of sp³-hybridized carbons (Fsp3) is 0.846. The lowest BCUT2D eigenvalue weighted by molar-refractivity contribution is -0.125. The van der Waals surface area contributed by atoms with Gasteiger partial charge in [-0.15, -0.1) is 0 Å². The van der Waals surface area contributed by atoms with E-state index < -0.39 is 5.54 Å². The van der Waals surface area contributed by atoms with Crippen LogP contribution in [-0.2, 0) is 4.79 Å². The molecule has 18 heavy (non-hydrogen) atoms. The second-order valence-corrected chi connectivity index (χ2v) is 5.55. The monoisotopic (exact) mass is 251 g/mol. The first-order chi connectivity index (χ1) is 8.67. The zero-order valence-electron chi connectivity index (χ0n) is 10.7. The number of likely N-dealkylation sites (tertiary alicyclic amines) is 1. The SMILES string of the molecule is N#CC1(NC(=O)CN2CC(CO)C2)CCCCC1. The highest BCUT2D eigenvalue weighted by Gasteiger charge is 2.35. The Bertz CT molecular complexity index is 339. The van der Waals surface area contributed by atoms with E-state index in [2.05, 4.69) is 11.4 Å². The van der Waals surface area contributed by atoms with E-state index in [1.165, 1.54) is 0 Å². The van der Waals surface area contributed by atoms with Crippen molar-refractivity contribution in [2.75, 3.05) is 26.2 Å². The molecule has 1 aliphatic carbocycles. The lowest BCUT2D eigenvalue weighted by Crippen LogP contribution is -2.56. The van der Waals surface area contributed by atoms with Crippen LogP contribution in [0.4, 0.5) is 0 Å². The summed E-state index contributed by atoms with van der Waals surface area (Å²) in [6, 6.07) is 2.29. The van der Waals surface area contributed by atoms with Crippen LogP contribution in [0.15, 0.2) is 0 Å². The molecule has 1 saturated carbocycles. The van der Waals surface area contributed by atoms with Crippen molar-refractivity contribution in [2.45, 2.75) is 37.6 Å². The summed E-state index contributed by atoms with van der Waals surface area (Å²) in [5.74, 6) is 0.257. The second kappa shape index (κ2) is 5.68. The van der Waals surface area contributed by atoms with Crippen molar-refractivity contribution in [3.05, 3.63) is 0 Å². The molecule has 2 rings (SSSR count). The minimum absolute atomic E-state index is 0.0603. The maximum absolute atomic E-state index is 11.9. The van der Waals surface area contributed by atoms with Crippen LogP contribution in [0.5, 0.6) is 0 Å². The van der Waals surface area contributed by atoms with Gasteiger partial charge >= 0.3 is 0 Å². The van der Waals surface area contributed by atoms with Gasteiger partial charge in [-0.25, -0.2) is 0 Å². The van der Waals surface area contributed by atoms with Crippen LogP contribution in [0.25, 0.3) is 0 Å². The number of nitriles is 1. The summed E-state index contributed by atoms with van der Waals surface area (Å²) in [5, 5.41) is 21.1. The van der Waals surface area contributed by atoms with Crippen LogP contribution >= 0.6 is 0 Å². The third-order valence-electron chi connectivity index (χ3n) is 3.96. The largest absolute Gasteiger partial charge is 0.396 e. The van der Waals surface area contributed by atoms with Crippen molar-refractivity contribution < 1.29 is 9.90 Å². The normalized spacial score (nSPS) is 24.0. The molecule has 1 amide bonds. The summed E-state index contributed by atoms with van der Waals surface area (Å²) in [6.45, 7) is 2.10. The zero-order chi connectivity index (χ0) is 13.0. The van der Waals surface area contributed by atoms with Gasteiger partial charge in [0.1, 0.15) is 5.54 Å². The average Bonchev–Trinajstić information content (AvgIpc) is 2.34. The van der Waals surface area contributed by atoms with Gasteiger partial charge in [-0.3, -0.25) is 9.69 Å². The van der Waals surface area contributed by atoms with E-state index in [-0.39, 0.29) is 12.5 Å². The number of nitrogens with one attached hydrogen (secondary N) is 1. The summed E-state index contributed by atoms with van der Waals surface area (Å²) in [6.07, 6.45) is 4.74. The van der Waals surface area contributed by atoms with Crippen LogP contribution in [-0.4, -0.2) is 47.7 Å². The molecule has 2 fully saturated rings. The molecule has 0 aromatic heterocycles. The Kier molecular flexibility index (Phi) is 4.20. The lowest BCUT2D eigenvalue weighted by Gasteiger charge is -2.39. The van der Waals surface area contributed by atoms with Crippen LogP contribution in [0.3, 0.4) is 0 Å². The molecular weight excluding hydrogens is 230 g/mol. The zero-order valence-corrected chi connectivity index (χ0v) is 10.7. The standard InChI is InChI=1S/C13H21N3O2/c14-10-13(4-2-1-3-5-13)15-12(18)8-16-6-11(7-16)9-17/h11,17H,1-9H2,(H,15,18). The number of nitrogens with zero attached hydrogens (tertiary/aromatic N) is 2. The number of hydrogen-bond donors (Lipinski definition) is 2. The third kappa shape index (κ3) is 3.01. The number of aliphatic hydroxyl groups is 1. The third-order valence-corrected chi connectivity index (χ3v) is 3.96. The van der Waals surface area contributed by atoms with E-state index in [0.717, 1.165) is 45.2 Å². The summed E-state index contributed by atoms with van der Waals surface area (Å²) in [4.78, 5) is 13.9. The molecular formula is C13H21N3O2. The quantitative estimate of drug-likeness (QED) is 0.751. The maximum atomic E-state index is 11.9. The fourth-order valence-corrected chi connectivity index (χ4v) is 2.85. The molecule has 2 aliphatic rings. The number of aliphatic hydroxyl groups excluding tert-OH is 1. The number of hydrogen-bond acceptors (Lipinski definition) is 4. The van der Waals surface area contributed by atoms with Gasteiger partial charge in [0, 0.05) is 25.6 Å². The molecule has 1 aliphatic heterocycles. The van der Waals surface area contributed by atoms with Crippen LogP contribution < -0.4 is 5.32 Å². The summed E-state index contributed by atoms with van der Waals surface area (Å²) in [5.41, 5.74) is -0.628. The predicted octanol–water partition coefficient (Wildman–Crippen LogP) is 0.253. The van der Waals surface area contributed by atoms with E-state index in [1.807, 2.05) is 4.90 Å². The van der Waals surface area contributed by atoms with E-state index in [1.54, 1.807) is 0 Å². The molecule has 5 heteroatoms. The van der Waals surface area contributed by atoms with Gasteiger partial charge in [0.2, 0.25) is 5.91 Å². The highest BCUT2D eigenvalue weighted by molar-refractivity contribution is 5.79. The van der Waals surface area contributed by atoms with Crippen LogP contribution in [0.1, 0.15) is 32.1 Å². The molecule has 1 saturated heterocycles. The van der Waals surface area contributed by atoms with Crippen molar-refractivity contribution in [3.8, 4) is 6.07 Å². The van der Waals surface area contributed by atoms with Crippen molar-refractivity contribution >= 4 is 5.91 Å². The van der Waals surface area contributed by atoms with Gasteiger partial charge in [-0.2, -0.15) is 5.26 Å². The Morgan fingerprint density at radius 3 is 2.61 bits per heavy atom. The Labute approximate surface area is 108 Å². The first kappa shape index (κ1) is 13.3. The number of carbonyl (C=O) groups excluding carboxylic acids is 1. The molecule has 0 unspecified atom stereocenters. The summed E-state index contributed by atoms with van der Waals surface area (Å²) >= 11 is 0. The van der Waals surface area contributed by atoms with E-state index >= 15 is 0 Å². The molecule has 0 radical (unpaired) electrons. The molecule has 5 nitrogen and oxygen atoms in total. The Balaban J connectivity index is 1.78. The number of amides is 1. The highest BCUT2D eigenvalue weighted by Crippen LogP contribution is 2.27. The molecule has 0 bridgehead atoms. The van der Waals surface area contributed by atoms with E-state index in [4.69, 9.17) is 5.11 Å². The van der Waals surface area contributed by atoms with Gasteiger partial charge in [-0.1, -0.05) is 19.3 Å². The van der Waals surface area contributed by atoms with Gasteiger partial charge < -0.3 is 10.4 Å². The van der Waals surface area contributed by atoms with Gasteiger partial charge in [0.15, 0.2) is 0 Å². The lowest BCUT2D eigenvalue weighted by atomic mass is 9.83. The topological polar surface area (TPSA) is 76.4 Å². The molecule has 1 heterocycles. The van der Waals surface area contributed by atoms with Crippen molar-refractivity contribution in [2.24, 2.45) is 5.92 Å². The Hall–Kier alpha value is -1.12. The molecule has 100 valence electrons. The average molecular weight is 251 g/mol. The molecule has 2 N–H and O–H groups in total. The number of rotatable bonds is 4. The summed E-state index contributed by atoms with van der Waals surface area (Å²) in [7, 11) is 0. The Morgan fingerprint density at radius 2 is 2.06 bits per heavy atom. The maximum Gasteiger partial charge on any atom is 0.235 e. The van der Waals surface area contributed by atoms with Crippen molar-refractivity contribution in [3.63, 3.8) is 0 Å². The number of carbonyl (C=O) groups is 1. The first-order valence-electron chi connectivity index (χ1n) is 6.73. The van der Waals surface area contributed by atoms with Crippen LogP contribution in [0, 0.1) is 17.2 Å². The van der Waals surface area contributed by atoms with Gasteiger partial charge in [0.05, 0.1) is 12.6 Å². The highest BCUT2D eigenvalue weighted by atomic mass is 16.3. The predicted molar refractivity (Wildman–Crippen MR) is 66.6 cm³/mol. The smallest absolute Gasteiger partial charge is 0.235 e. The Morgan fingerprint density at radius 1 is 1.39 bits per heavy atom. The first-order valence-corrected chi connectivity index (χ1v) is 6.73. The fourth-order valence-electron chi connectivity index (χ4n) is 2.85. The van der Waals surface area contributed by atoms with Gasteiger partial charge in [0.25, 0.3) is 0 Å². The minimum atomic E-state index is -0.628. The summed E-state index contributed by atoms with van der Waals surface area (Å²) < 4.78 is 0.